The fourth-order valence-electron chi connectivity index (χ4n) is 2.91. The molecule has 0 aliphatic carbocycles. The molecule has 2 aromatic carbocycles. The van der Waals surface area contributed by atoms with Crippen molar-refractivity contribution in [2.75, 3.05) is 24.4 Å². The Morgan fingerprint density at radius 3 is 2.35 bits per heavy atom. The van der Waals surface area contributed by atoms with E-state index in [1.54, 1.807) is 0 Å². The van der Waals surface area contributed by atoms with E-state index >= 15 is 0 Å². The van der Waals surface area contributed by atoms with Crippen LogP contribution >= 0.6 is 11.8 Å². The SMILES string of the molecule is CN1CCC(N2CSc3ccccc32)C1=O.Cc1ccccc1. The molecule has 1 saturated heterocycles. The first kappa shape index (κ1) is 15.9. The Morgan fingerprint density at radius 1 is 1.04 bits per heavy atom. The van der Waals surface area contributed by atoms with Gasteiger partial charge in [0.1, 0.15) is 6.04 Å². The molecule has 4 rings (SSSR count). The molecule has 0 saturated carbocycles. The first-order valence-corrected chi connectivity index (χ1v) is 8.90. The predicted molar refractivity (Wildman–Crippen MR) is 96.9 cm³/mol. The van der Waals surface area contributed by atoms with Gasteiger partial charge in [-0.25, -0.2) is 0 Å². The maximum atomic E-state index is 12.0. The van der Waals surface area contributed by atoms with Crippen molar-refractivity contribution in [2.45, 2.75) is 24.3 Å². The van der Waals surface area contributed by atoms with E-state index in [0.29, 0.717) is 0 Å². The summed E-state index contributed by atoms with van der Waals surface area (Å²) in [4.78, 5) is 17.3. The van der Waals surface area contributed by atoms with E-state index in [1.807, 2.05) is 48.0 Å². The Morgan fingerprint density at radius 2 is 1.74 bits per heavy atom. The van der Waals surface area contributed by atoms with Crippen LogP contribution in [0.1, 0.15) is 12.0 Å². The van der Waals surface area contributed by atoms with Gasteiger partial charge in [-0.15, -0.1) is 11.8 Å². The van der Waals surface area contributed by atoms with E-state index < -0.39 is 0 Å². The van der Waals surface area contributed by atoms with Gasteiger partial charge < -0.3 is 9.80 Å². The summed E-state index contributed by atoms with van der Waals surface area (Å²) in [6.45, 7) is 2.97. The molecule has 23 heavy (non-hydrogen) atoms. The number of anilines is 1. The molecule has 2 aliphatic heterocycles. The number of likely N-dealkylation sites (tertiary alicyclic amines) is 1. The average molecular weight is 326 g/mol. The lowest BCUT2D eigenvalue weighted by molar-refractivity contribution is -0.127. The third kappa shape index (κ3) is 3.53. The molecule has 0 N–H and O–H groups in total. The zero-order valence-electron chi connectivity index (χ0n) is 13.6. The molecule has 0 radical (unpaired) electrons. The van der Waals surface area contributed by atoms with Gasteiger partial charge in [-0.2, -0.15) is 0 Å². The lowest BCUT2D eigenvalue weighted by atomic mass is 10.2. The van der Waals surface area contributed by atoms with E-state index in [9.17, 15) is 4.79 Å². The zero-order chi connectivity index (χ0) is 16.2. The van der Waals surface area contributed by atoms with Crippen LogP contribution in [0.4, 0.5) is 5.69 Å². The molecule has 2 aliphatic rings. The molecule has 0 spiro atoms. The van der Waals surface area contributed by atoms with Crippen molar-refractivity contribution in [3.05, 3.63) is 60.2 Å². The first-order valence-electron chi connectivity index (χ1n) is 7.92. The van der Waals surface area contributed by atoms with Crippen molar-refractivity contribution >= 4 is 23.4 Å². The van der Waals surface area contributed by atoms with E-state index in [0.717, 1.165) is 18.8 Å². The minimum atomic E-state index is 0.0566. The Labute approximate surface area is 142 Å². The number of hydrogen-bond acceptors (Lipinski definition) is 3. The van der Waals surface area contributed by atoms with Gasteiger partial charge in [0.2, 0.25) is 5.91 Å². The molecule has 120 valence electrons. The lowest BCUT2D eigenvalue weighted by Crippen LogP contribution is -2.39. The predicted octanol–water partition coefficient (Wildman–Crippen LogP) is 3.78. The topological polar surface area (TPSA) is 23.6 Å². The van der Waals surface area contributed by atoms with Gasteiger partial charge in [0.05, 0.1) is 11.6 Å². The van der Waals surface area contributed by atoms with Gasteiger partial charge in [-0.3, -0.25) is 4.79 Å². The van der Waals surface area contributed by atoms with E-state index in [-0.39, 0.29) is 11.9 Å². The number of aryl methyl sites for hydroxylation is 1. The molecular weight excluding hydrogens is 304 g/mol. The van der Waals surface area contributed by atoms with Crippen LogP contribution < -0.4 is 4.90 Å². The van der Waals surface area contributed by atoms with Crippen molar-refractivity contribution in [1.82, 2.24) is 4.90 Å². The van der Waals surface area contributed by atoms with Gasteiger partial charge in [0.15, 0.2) is 0 Å². The summed E-state index contributed by atoms with van der Waals surface area (Å²) in [5.41, 5.74) is 2.55. The summed E-state index contributed by atoms with van der Waals surface area (Å²) < 4.78 is 0. The molecule has 1 unspecified atom stereocenters. The lowest BCUT2D eigenvalue weighted by Gasteiger charge is -2.24. The smallest absolute Gasteiger partial charge is 0.245 e. The molecule has 1 amide bonds. The summed E-state index contributed by atoms with van der Waals surface area (Å²) in [7, 11) is 1.89. The fraction of sp³-hybridized carbons (Fsp3) is 0.316. The second kappa shape index (κ2) is 7.09. The van der Waals surface area contributed by atoms with E-state index in [4.69, 9.17) is 0 Å². The number of benzene rings is 2. The Bertz CT molecular complexity index is 674. The number of amides is 1. The number of para-hydroxylation sites is 1. The average Bonchev–Trinajstić information content (AvgIpc) is 3.13. The Balaban J connectivity index is 0.000000188. The van der Waals surface area contributed by atoms with Gasteiger partial charge in [0.25, 0.3) is 0 Å². The monoisotopic (exact) mass is 326 g/mol. The number of carbonyl (C=O) groups is 1. The van der Waals surface area contributed by atoms with Crippen molar-refractivity contribution in [3.8, 4) is 0 Å². The van der Waals surface area contributed by atoms with Crippen LogP contribution in [0.5, 0.6) is 0 Å². The van der Waals surface area contributed by atoms with Gasteiger partial charge >= 0.3 is 0 Å². The standard InChI is InChI=1S/C12H14N2OS.C7H8/c1-13-7-6-10(12(13)15)14-8-16-11-5-3-2-4-9(11)14;1-7-5-3-2-4-6-7/h2-5,10H,6-8H2,1H3;2-6H,1H3. The Hall–Kier alpha value is -1.94. The van der Waals surface area contributed by atoms with Crippen LogP contribution in [-0.4, -0.2) is 36.3 Å². The molecule has 0 bridgehead atoms. The van der Waals surface area contributed by atoms with Crippen molar-refractivity contribution in [2.24, 2.45) is 0 Å². The number of hydrogen-bond donors (Lipinski definition) is 0. The summed E-state index contributed by atoms with van der Waals surface area (Å²) in [6.07, 6.45) is 0.949. The third-order valence-corrected chi connectivity index (χ3v) is 5.31. The summed E-state index contributed by atoms with van der Waals surface area (Å²) in [6, 6.07) is 18.7. The van der Waals surface area contributed by atoms with Crippen molar-refractivity contribution in [1.29, 1.82) is 0 Å². The summed E-state index contributed by atoms with van der Waals surface area (Å²) >= 11 is 1.82. The highest BCUT2D eigenvalue weighted by Crippen LogP contribution is 2.40. The maximum absolute atomic E-state index is 12.0. The molecule has 4 heteroatoms. The van der Waals surface area contributed by atoms with E-state index in [2.05, 4.69) is 42.2 Å². The molecule has 0 aromatic heterocycles. The number of fused-ring (bicyclic) bond motifs is 1. The normalized spacial score (nSPS) is 19.4. The summed E-state index contributed by atoms with van der Waals surface area (Å²) in [5, 5.41) is 0. The number of carbonyl (C=O) groups excluding carboxylic acids is 1. The van der Waals surface area contributed by atoms with Gasteiger partial charge in [-0.1, -0.05) is 48.0 Å². The number of rotatable bonds is 1. The summed E-state index contributed by atoms with van der Waals surface area (Å²) in [5.74, 6) is 1.17. The van der Waals surface area contributed by atoms with Crippen LogP contribution in [0.3, 0.4) is 0 Å². The van der Waals surface area contributed by atoms with Crippen LogP contribution in [0.15, 0.2) is 59.5 Å². The first-order chi connectivity index (χ1) is 11.2. The van der Waals surface area contributed by atoms with Gasteiger partial charge in [-0.05, 0) is 25.5 Å². The largest absolute Gasteiger partial charge is 0.349 e. The third-order valence-electron chi connectivity index (χ3n) is 4.25. The van der Waals surface area contributed by atoms with Crippen LogP contribution in [0, 0.1) is 6.92 Å². The molecule has 1 atom stereocenters. The number of likely N-dealkylation sites (N-methyl/N-ethyl adjacent to an activating group) is 1. The van der Waals surface area contributed by atoms with E-state index in [1.165, 1.54) is 16.1 Å². The molecule has 2 aromatic rings. The quantitative estimate of drug-likeness (QED) is 0.797. The number of thioether (sulfide) groups is 1. The number of nitrogens with zero attached hydrogens (tertiary/aromatic N) is 2. The fourth-order valence-corrected chi connectivity index (χ4v) is 4.02. The van der Waals surface area contributed by atoms with Crippen molar-refractivity contribution < 1.29 is 4.79 Å². The molecule has 2 heterocycles. The van der Waals surface area contributed by atoms with Crippen molar-refractivity contribution in [3.63, 3.8) is 0 Å². The van der Waals surface area contributed by atoms with Crippen LogP contribution in [0.2, 0.25) is 0 Å². The second-order valence-corrected chi connectivity index (χ2v) is 6.92. The highest BCUT2D eigenvalue weighted by atomic mass is 32.2. The Kier molecular flexibility index (Phi) is 4.91. The molecule has 3 nitrogen and oxygen atoms in total. The molecule has 1 fully saturated rings. The molecular formula is C19H22N2OS. The minimum absolute atomic E-state index is 0.0566. The van der Waals surface area contributed by atoms with Gasteiger partial charge in [0, 0.05) is 18.5 Å². The zero-order valence-corrected chi connectivity index (χ0v) is 14.4. The van der Waals surface area contributed by atoms with Crippen LogP contribution in [0.25, 0.3) is 0 Å². The highest BCUT2D eigenvalue weighted by Gasteiger charge is 2.36. The maximum Gasteiger partial charge on any atom is 0.245 e. The van der Waals surface area contributed by atoms with Crippen LogP contribution in [-0.2, 0) is 4.79 Å². The minimum Gasteiger partial charge on any atom is -0.349 e. The highest BCUT2D eigenvalue weighted by molar-refractivity contribution is 7.99. The second-order valence-electron chi connectivity index (χ2n) is 5.93.